The summed E-state index contributed by atoms with van der Waals surface area (Å²) in [4.78, 5) is 20.7. The van der Waals surface area contributed by atoms with E-state index in [0.717, 1.165) is 23.2 Å². The third kappa shape index (κ3) is 5.02. The van der Waals surface area contributed by atoms with Crippen molar-refractivity contribution in [3.05, 3.63) is 82.9 Å². The molecule has 0 spiro atoms. The van der Waals surface area contributed by atoms with Crippen LogP contribution in [-0.2, 0) is 12.6 Å². The van der Waals surface area contributed by atoms with Crippen LogP contribution >= 0.6 is 11.6 Å². The number of hydrogen-bond donors (Lipinski definition) is 3. The Hall–Kier alpha value is -4.09. The zero-order chi connectivity index (χ0) is 26.9. The molecule has 0 unspecified atom stereocenters. The average Bonchev–Trinajstić information content (AvgIpc) is 3.56. The maximum absolute atomic E-state index is 13.5. The summed E-state index contributed by atoms with van der Waals surface area (Å²) in [6.45, 7) is 4.18. The number of nitrogens with zero attached hydrogens (tertiary/aromatic N) is 7. The molecule has 3 N–H and O–H groups in total. The SMILES string of the molecule is Cn1cc(-c2c[nH]c(C(=NC=N)N3CCN(c4ncc([C@@](C)(O)c5ccc(F)cc5Cl)cn4)CC3)c2)cn1. The van der Waals surface area contributed by atoms with Crippen molar-refractivity contribution in [3.8, 4) is 11.1 Å². The molecule has 1 atom stereocenters. The number of aromatic amines is 1. The number of rotatable bonds is 6. The van der Waals surface area contributed by atoms with E-state index in [4.69, 9.17) is 17.0 Å². The van der Waals surface area contributed by atoms with Gasteiger partial charge in [0, 0.05) is 85.3 Å². The number of aryl methyl sites for hydroxylation is 1. The average molecular weight is 536 g/mol. The van der Waals surface area contributed by atoms with Crippen molar-refractivity contribution in [2.45, 2.75) is 12.5 Å². The fourth-order valence-electron chi connectivity index (χ4n) is 4.54. The van der Waals surface area contributed by atoms with Gasteiger partial charge in [0.2, 0.25) is 5.95 Å². The second-order valence-electron chi connectivity index (χ2n) is 9.23. The van der Waals surface area contributed by atoms with Crippen molar-refractivity contribution >= 4 is 29.7 Å². The number of halogens is 2. The molecule has 3 aromatic heterocycles. The van der Waals surface area contributed by atoms with Gasteiger partial charge in [0.25, 0.3) is 0 Å². The first-order valence-electron chi connectivity index (χ1n) is 12.0. The topological polar surface area (TPSA) is 122 Å². The van der Waals surface area contributed by atoms with Crippen LogP contribution in [0.25, 0.3) is 11.1 Å². The summed E-state index contributed by atoms with van der Waals surface area (Å²) < 4.78 is 15.2. The zero-order valence-corrected chi connectivity index (χ0v) is 21.7. The van der Waals surface area contributed by atoms with Gasteiger partial charge in [-0.3, -0.25) is 10.1 Å². The third-order valence-electron chi connectivity index (χ3n) is 6.67. The molecule has 4 aromatic rings. The number of aromatic nitrogens is 5. The molecule has 1 fully saturated rings. The molecule has 5 rings (SSSR count). The molecule has 196 valence electrons. The number of hydrogen-bond acceptors (Lipinski definition) is 6. The molecule has 12 heteroatoms. The Kier molecular flexibility index (Phi) is 6.96. The van der Waals surface area contributed by atoms with Crippen molar-refractivity contribution in [1.82, 2.24) is 29.6 Å². The van der Waals surface area contributed by atoms with Crippen LogP contribution in [0.3, 0.4) is 0 Å². The summed E-state index contributed by atoms with van der Waals surface area (Å²) in [5.74, 6) is 0.760. The maximum atomic E-state index is 13.5. The standard InChI is InChI=1S/C26H27ClFN9O/c1-26(38,21-4-3-20(28)10-22(21)27)19-13-31-25(32-14-19)37-7-5-36(6-8-37)24(33-16-29)23-9-17(11-30-23)18-12-34-35(2)15-18/h3-4,9-16,29-30,38H,5-8H2,1-2H3/t26-/m1/s1. The van der Waals surface area contributed by atoms with Crippen molar-refractivity contribution in [2.75, 3.05) is 31.1 Å². The van der Waals surface area contributed by atoms with Gasteiger partial charge in [-0.25, -0.2) is 19.4 Å². The molecule has 38 heavy (non-hydrogen) atoms. The number of benzene rings is 1. The van der Waals surface area contributed by atoms with E-state index in [0.29, 0.717) is 49.1 Å². The number of H-pyrrole nitrogens is 1. The van der Waals surface area contributed by atoms with Crippen molar-refractivity contribution in [3.63, 3.8) is 0 Å². The number of anilines is 1. The second-order valence-corrected chi connectivity index (χ2v) is 9.64. The van der Waals surface area contributed by atoms with E-state index in [1.165, 1.54) is 18.2 Å². The number of piperazine rings is 1. The maximum Gasteiger partial charge on any atom is 0.225 e. The monoisotopic (exact) mass is 535 g/mol. The molecule has 4 heterocycles. The lowest BCUT2D eigenvalue weighted by Gasteiger charge is -2.36. The van der Waals surface area contributed by atoms with E-state index < -0.39 is 11.4 Å². The molecule has 0 radical (unpaired) electrons. The molecular weight excluding hydrogens is 509 g/mol. The second kappa shape index (κ2) is 10.3. The fraction of sp³-hybridized carbons (Fsp3) is 0.269. The molecule has 0 aliphatic carbocycles. The summed E-state index contributed by atoms with van der Waals surface area (Å²) in [5.41, 5.74) is 2.16. The zero-order valence-electron chi connectivity index (χ0n) is 20.9. The Morgan fingerprint density at radius 1 is 1.16 bits per heavy atom. The van der Waals surface area contributed by atoms with Gasteiger partial charge in [-0.1, -0.05) is 17.7 Å². The van der Waals surface area contributed by atoms with Crippen LogP contribution in [-0.4, -0.2) is 73.1 Å². The normalized spacial score (nSPS) is 16.0. The van der Waals surface area contributed by atoms with Gasteiger partial charge in [0.1, 0.15) is 17.8 Å². The van der Waals surface area contributed by atoms with E-state index in [1.807, 2.05) is 25.5 Å². The summed E-state index contributed by atoms with van der Waals surface area (Å²) in [7, 11) is 1.87. The van der Waals surface area contributed by atoms with Gasteiger partial charge in [0.15, 0.2) is 5.84 Å². The molecule has 1 saturated heterocycles. The van der Waals surface area contributed by atoms with Crippen LogP contribution in [0.15, 0.2) is 60.2 Å². The Bertz CT molecular complexity index is 1470. The van der Waals surface area contributed by atoms with E-state index in [2.05, 4.69) is 34.8 Å². The minimum atomic E-state index is -1.48. The minimum Gasteiger partial charge on any atom is -0.381 e. The summed E-state index contributed by atoms with van der Waals surface area (Å²) in [5, 5.41) is 23.0. The molecule has 0 saturated carbocycles. The lowest BCUT2D eigenvalue weighted by atomic mass is 9.90. The minimum absolute atomic E-state index is 0.132. The number of nitrogens with one attached hydrogen (secondary N) is 2. The van der Waals surface area contributed by atoms with Crippen molar-refractivity contribution in [2.24, 2.45) is 12.0 Å². The van der Waals surface area contributed by atoms with Crippen molar-refractivity contribution in [1.29, 1.82) is 5.41 Å². The van der Waals surface area contributed by atoms with Crippen LogP contribution in [0.5, 0.6) is 0 Å². The predicted molar refractivity (Wildman–Crippen MR) is 144 cm³/mol. The highest BCUT2D eigenvalue weighted by Crippen LogP contribution is 2.34. The predicted octanol–water partition coefficient (Wildman–Crippen LogP) is 3.43. The molecule has 1 aliphatic heterocycles. The van der Waals surface area contributed by atoms with Gasteiger partial charge in [-0.15, -0.1) is 0 Å². The Morgan fingerprint density at radius 2 is 1.89 bits per heavy atom. The molecule has 1 aliphatic rings. The first-order valence-corrected chi connectivity index (χ1v) is 12.4. The highest BCUT2D eigenvalue weighted by molar-refractivity contribution is 6.31. The Balaban J connectivity index is 1.27. The fourth-order valence-corrected chi connectivity index (χ4v) is 4.89. The number of aliphatic imine (C=N–C) groups is 1. The summed E-state index contributed by atoms with van der Waals surface area (Å²) >= 11 is 6.17. The van der Waals surface area contributed by atoms with E-state index in [9.17, 15) is 9.50 Å². The lowest BCUT2D eigenvalue weighted by Crippen LogP contribution is -2.49. The van der Waals surface area contributed by atoms with E-state index in [-0.39, 0.29) is 5.02 Å². The highest BCUT2D eigenvalue weighted by Gasteiger charge is 2.30. The van der Waals surface area contributed by atoms with Gasteiger partial charge in [-0.2, -0.15) is 5.10 Å². The molecule has 1 aromatic carbocycles. The molecule has 0 bridgehead atoms. The van der Waals surface area contributed by atoms with Crippen molar-refractivity contribution < 1.29 is 9.50 Å². The van der Waals surface area contributed by atoms with E-state index >= 15 is 0 Å². The largest absolute Gasteiger partial charge is 0.381 e. The van der Waals surface area contributed by atoms with Gasteiger partial charge >= 0.3 is 0 Å². The van der Waals surface area contributed by atoms with Gasteiger partial charge in [-0.05, 0) is 25.1 Å². The first-order chi connectivity index (χ1) is 18.3. The van der Waals surface area contributed by atoms with Crippen LogP contribution in [0.1, 0.15) is 23.7 Å². The van der Waals surface area contributed by atoms with Gasteiger partial charge in [0.05, 0.1) is 11.9 Å². The van der Waals surface area contributed by atoms with Crippen LogP contribution in [0, 0.1) is 11.2 Å². The third-order valence-corrected chi connectivity index (χ3v) is 6.98. The quantitative estimate of drug-likeness (QED) is 0.257. The highest BCUT2D eigenvalue weighted by atomic mass is 35.5. The van der Waals surface area contributed by atoms with Crippen LogP contribution in [0.2, 0.25) is 5.02 Å². The summed E-state index contributed by atoms with van der Waals surface area (Å²) in [6, 6.07) is 5.89. The molecule has 10 nitrogen and oxygen atoms in total. The Labute approximate surface area is 224 Å². The first kappa shape index (κ1) is 25.6. The van der Waals surface area contributed by atoms with E-state index in [1.54, 1.807) is 30.2 Å². The smallest absolute Gasteiger partial charge is 0.225 e. The molecular formula is C26H27ClFN9O. The van der Waals surface area contributed by atoms with Crippen LogP contribution in [0.4, 0.5) is 10.3 Å². The lowest BCUT2D eigenvalue weighted by molar-refractivity contribution is 0.101. The molecule has 0 amide bonds. The number of amidine groups is 1. The number of aliphatic hydroxyl groups is 1. The van der Waals surface area contributed by atoms with Crippen LogP contribution < -0.4 is 4.90 Å². The summed E-state index contributed by atoms with van der Waals surface area (Å²) in [6.07, 6.45) is 9.83. The Morgan fingerprint density at radius 3 is 2.53 bits per heavy atom. The van der Waals surface area contributed by atoms with Gasteiger partial charge < -0.3 is 19.9 Å².